The minimum absolute atomic E-state index is 0.00556. The zero-order valence-electron chi connectivity index (χ0n) is 23.9. The van der Waals surface area contributed by atoms with Crippen LogP contribution < -0.4 is 10.6 Å². The van der Waals surface area contributed by atoms with E-state index in [2.05, 4.69) is 36.4 Å². The Labute approximate surface area is 240 Å². The lowest BCUT2D eigenvalue weighted by atomic mass is 9.86. The highest BCUT2D eigenvalue weighted by Crippen LogP contribution is 2.29. The Kier molecular flexibility index (Phi) is 8.12. The van der Waals surface area contributed by atoms with Crippen LogP contribution in [-0.4, -0.2) is 53.0 Å². The minimum atomic E-state index is -0.164. The minimum Gasteiger partial charge on any atom is -0.378 e. The van der Waals surface area contributed by atoms with Gasteiger partial charge < -0.3 is 20.3 Å². The quantitative estimate of drug-likeness (QED) is 0.297. The number of amides is 2. The van der Waals surface area contributed by atoms with Crippen LogP contribution in [0.2, 0.25) is 0 Å². The Balaban J connectivity index is 1.29. The number of carbonyl (C=O) groups is 2. The molecule has 1 aromatic heterocycles. The summed E-state index contributed by atoms with van der Waals surface area (Å²) in [6.45, 7) is 10.8. The van der Waals surface area contributed by atoms with Gasteiger partial charge in [0.15, 0.2) is 0 Å². The average molecular weight is 550 g/mol. The molecular weight excluding hydrogens is 514 g/mol. The number of aromatic nitrogens is 2. The number of nitrogens with one attached hydrogen (secondary N) is 2. The molecule has 2 N–H and O–H groups in total. The van der Waals surface area contributed by atoms with Gasteiger partial charge in [-0.3, -0.25) is 14.6 Å². The Hall–Kier alpha value is -4.56. The average Bonchev–Trinajstić information content (AvgIpc) is 2.98. The number of morpholine rings is 1. The number of ether oxygens (including phenoxy) is 1. The van der Waals surface area contributed by atoms with E-state index >= 15 is 0 Å². The van der Waals surface area contributed by atoms with Gasteiger partial charge in [0, 0.05) is 41.2 Å². The van der Waals surface area contributed by atoms with Gasteiger partial charge in [0.2, 0.25) is 0 Å². The van der Waals surface area contributed by atoms with Gasteiger partial charge in [0.05, 0.1) is 31.3 Å². The Morgan fingerprint density at radius 3 is 2.24 bits per heavy atom. The first-order chi connectivity index (χ1) is 19.7. The molecule has 0 unspecified atom stereocenters. The number of hydrogen-bond acceptors (Lipinski definition) is 6. The smallest absolute Gasteiger partial charge is 0.255 e. The monoisotopic (exact) mass is 549 g/mol. The summed E-state index contributed by atoms with van der Waals surface area (Å²) >= 11 is 0. The maximum atomic E-state index is 13.0. The van der Waals surface area contributed by atoms with E-state index in [9.17, 15) is 9.59 Å². The molecule has 0 spiro atoms. The highest BCUT2D eigenvalue weighted by Gasteiger charge is 2.19. The number of carbonyl (C=O) groups excluding carboxylic acids is 2. The van der Waals surface area contributed by atoms with Crippen molar-refractivity contribution in [2.75, 3.05) is 36.9 Å². The van der Waals surface area contributed by atoms with Gasteiger partial charge in [-0.15, -0.1) is 0 Å². The molecule has 1 aliphatic rings. The second kappa shape index (κ2) is 11.9. The molecule has 2 heterocycles. The maximum Gasteiger partial charge on any atom is 0.255 e. The van der Waals surface area contributed by atoms with Crippen LogP contribution in [-0.2, 0) is 10.2 Å². The molecule has 1 saturated heterocycles. The van der Waals surface area contributed by atoms with Gasteiger partial charge in [-0.05, 0) is 65.9 Å². The zero-order valence-corrected chi connectivity index (χ0v) is 23.9. The normalized spacial score (nSPS) is 13.5. The van der Waals surface area contributed by atoms with Crippen molar-refractivity contribution in [3.05, 3.63) is 101 Å². The van der Waals surface area contributed by atoms with Crippen molar-refractivity contribution in [1.82, 2.24) is 14.9 Å². The van der Waals surface area contributed by atoms with E-state index in [1.165, 1.54) is 5.56 Å². The van der Waals surface area contributed by atoms with Crippen molar-refractivity contribution in [2.24, 2.45) is 0 Å². The molecule has 0 aliphatic carbocycles. The number of rotatable bonds is 6. The lowest BCUT2D eigenvalue weighted by molar-refractivity contribution is 0.0303. The van der Waals surface area contributed by atoms with Crippen LogP contribution >= 0.6 is 0 Å². The van der Waals surface area contributed by atoms with E-state index < -0.39 is 0 Å². The first-order valence-corrected chi connectivity index (χ1v) is 13.8. The summed E-state index contributed by atoms with van der Waals surface area (Å²) < 4.78 is 5.34. The molecule has 0 saturated carbocycles. The standard InChI is InChI=1S/C33H35N5O3/c1-22-27(6-5-7-28(22)37-31(39)23-8-12-25(13-9-23)33(2,3)4)29-20-34-21-30(36-29)35-26-14-10-24(11-15-26)32(40)38-16-18-41-19-17-38/h5-15,20-21H,16-19H2,1-4H3,(H,35,36)(H,37,39). The Morgan fingerprint density at radius 2 is 1.56 bits per heavy atom. The van der Waals surface area contributed by atoms with E-state index in [0.29, 0.717) is 54.6 Å². The number of hydrogen-bond donors (Lipinski definition) is 2. The van der Waals surface area contributed by atoms with Crippen molar-refractivity contribution in [2.45, 2.75) is 33.1 Å². The lowest BCUT2D eigenvalue weighted by Gasteiger charge is -2.26. The Morgan fingerprint density at radius 1 is 0.878 bits per heavy atom. The summed E-state index contributed by atoms with van der Waals surface area (Å²) in [5.74, 6) is 0.413. The van der Waals surface area contributed by atoms with Crippen LogP contribution in [0.1, 0.15) is 52.6 Å². The topological polar surface area (TPSA) is 96.5 Å². The molecule has 5 rings (SSSR count). The largest absolute Gasteiger partial charge is 0.378 e. The summed E-state index contributed by atoms with van der Waals surface area (Å²) in [7, 11) is 0. The van der Waals surface area contributed by atoms with E-state index in [0.717, 1.165) is 16.8 Å². The zero-order chi connectivity index (χ0) is 29.0. The molecule has 0 atom stereocenters. The summed E-state index contributed by atoms with van der Waals surface area (Å²) in [5, 5.41) is 6.32. The van der Waals surface area contributed by atoms with Crippen molar-refractivity contribution in [3.63, 3.8) is 0 Å². The molecule has 0 bridgehead atoms. The molecule has 41 heavy (non-hydrogen) atoms. The van der Waals surface area contributed by atoms with Crippen molar-refractivity contribution < 1.29 is 14.3 Å². The molecule has 210 valence electrons. The van der Waals surface area contributed by atoms with Gasteiger partial charge in [0.25, 0.3) is 11.8 Å². The van der Waals surface area contributed by atoms with E-state index in [4.69, 9.17) is 9.72 Å². The third kappa shape index (κ3) is 6.61. The second-order valence-electron chi connectivity index (χ2n) is 11.2. The first-order valence-electron chi connectivity index (χ1n) is 13.8. The summed E-state index contributed by atoms with van der Waals surface area (Å²) in [5.41, 5.74) is 6.39. The van der Waals surface area contributed by atoms with Crippen LogP contribution in [0.5, 0.6) is 0 Å². The number of nitrogens with zero attached hydrogens (tertiary/aromatic N) is 3. The molecule has 4 aromatic rings. The van der Waals surface area contributed by atoms with E-state index in [-0.39, 0.29) is 17.2 Å². The van der Waals surface area contributed by atoms with Crippen LogP contribution in [0.3, 0.4) is 0 Å². The number of benzene rings is 3. The van der Waals surface area contributed by atoms with E-state index in [1.807, 2.05) is 78.6 Å². The second-order valence-corrected chi connectivity index (χ2v) is 11.2. The van der Waals surface area contributed by atoms with Gasteiger partial charge >= 0.3 is 0 Å². The van der Waals surface area contributed by atoms with Gasteiger partial charge in [-0.2, -0.15) is 0 Å². The van der Waals surface area contributed by atoms with Crippen LogP contribution in [0, 0.1) is 6.92 Å². The van der Waals surface area contributed by atoms with Crippen LogP contribution in [0.25, 0.3) is 11.3 Å². The third-order valence-corrected chi connectivity index (χ3v) is 7.21. The fourth-order valence-electron chi connectivity index (χ4n) is 4.71. The summed E-state index contributed by atoms with van der Waals surface area (Å²) in [6.07, 6.45) is 3.35. The highest BCUT2D eigenvalue weighted by molar-refractivity contribution is 6.05. The lowest BCUT2D eigenvalue weighted by Crippen LogP contribution is -2.40. The highest BCUT2D eigenvalue weighted by atomic mass is 16.5. The van der Waals surface area contributed by atoms with Gasteiger partial charge in [-0.25, -0.2) is 4.98 Å². The maximum absolute atomic E-state index is 13.0. The predicted octanol–water partition coefficient (Wildman–Crippen LogP) is 6.22. The SMILES string of the molecule is Cc1c(NC(=O)c2ccc(C(C)(C)C)cc2)cccc1-c1cncc(Nc2ccc(C(=O)N3CCOCC3)cc2)n1. The van der Waals surface area contributed by atoms with E-state index in [1.54, 1.807) is 12.4 Å². The van der Waals surface area contributed by atoms with Crippen molar-refractivity contribution in [3.8, 4) is 11.3 Å². The first kappa shape index (κ1) is 28.0. The molecule has 8 nitrogen and oxygen atoms in total. The summed E-state index contributed by atoms with van der Waals surface area (Å²) in [6, 6.07) is 20.8. The van der Waals surface area contributed by atoms with Gasteiger partial charge in [-0.1, -0.05) is 45.0 Å². The Bertz CT molecular complexity index is 1540. The van der Waals surface area contributed by atoms with Crippen LogP contribution in [0.15, 0.2) is 79.1 Å². The fourth-order valence-corrected chi connectivity index (χ4v) is 4.71. The molecule has 1 aliphatic heterocycles. The predicted molar refractivity (Wildman–Crippen MR) is 162 cm³/mol. The molecule has 2 amide bonds. The summed E-state index contributed by atoms with van der Waals surface area (Å²) in [4.78, 5) is 36.7. The molecule has 3 aromatic carbocycles. The molecule has 8 heteroatoms. The fraction of sp³-hybridized carbons (Fsp3) is 0.273. The van der Waals surface area contributed by atoms with Crippen molar-refractivity contribution >= 4 is 29.0 Å². The third-order valence-electron chi connectivity index (χ3n) is 7.21. The number of anilines is 3. The molecule has 1 fully saturated rings. The van der Waals surface area contributed by atoms with Crippen LogP contribution in [0.4, 0.5) is 17.2 Å². The molecular formula is C33H35N5O3. The van der Waals surface area contributed by atoms with Crippen molar-refractivity contribution in [1.29, 1.82) is 0 Å². The van der Waals surface area contributed by atoms with Gasteiger partial charge in [0.1, 0.15) is 5.82 Å². The molecule has 0 radical (unpaired) electrons.